The van der Waals surface area contributed by atoms with E-state index in [4.69, 9.17) is 10.5 Å². The van der Waals surface area contributed by atoms with Gasteiger partial charge in [0.2, 0.25) is 0 Å². The molecule has 2 unspecified atom stereocenters. The van der Waals surface area contributed by atoms with Crippen molar-refractivity contribution < 1.29 is 4.74 Å². The highest BCUT2D eigenvalue weighted by molar-refractivity contribution is 5.08. The molecule has 0 aromatic carbocycles. The van der Waals surface area contributed by atoms with E-state index in [0.29, 0.717) is 17.6 Å². The van der Waals surface area contributed by atoms with E-state index in [-0.39, 0.29) is 0 Å². The number of hydrogen-bond donors (Lipinski definition) is 1. The average molecular weight is 225 g/mol. The first-order valence-electron chi connectivity index (χ1n) is 7.02. The van der Waals surface area contributed by atoms with Crippen molar-refractivity contribution in [2.45, 2.75) is 70.9 Å². The minimum Gasteiger partial charge on any atom is -0.378 e. The van der Waals surface area contributed by atoms with Crippen molar-refractivity contribution in [3.8, 4) is 0 Å². The number of ether oxygens (including phenoxy) is 1. The second kappa shape index (κ2) is 5.05. The van der Waals surface area contributed by atoms with Crippen molar-refractivity contribution in [2.75, 3.05) is 6.61 Å². The van der Waals surface area contributed by atoms with E-state index in [0.717, 1.165) is 18.9 Å². The molecule has 0 aromatic heterocycles. The van der Waals surface area contributed by atoms with Gasteiger partial charge in [0.05, 0.1) is 6.10 Å². The van der Waals surface area contributed by atoms with Gasteiger partial charge >= 0.3 is 0 Å². The van der Waals surface area contributed by atoms with Gasteiger partial charge in [0, 0.05) is 18.1 Å². The topological polar surface area (TPSA) is 35.2 Å². The minimum absolute atomic E-state index is 0.387. The van der Waals surface area contributed by atoms with Crippen LogP contribution in [0, 0.1) is 11.3 Å². The first-order chi connectivity index (χ1) is 7.65. The van der Waals surface area contributed by atoms with Crippen molar-refractivity contribution in [1.82, 2.24) is 0 Å². The van der Waals surface area contributed by atoms with Gasteiger partial charge in [-0.2, -0.15) is 0 Å². The zero-order valence-corrected chi connectivity index (χ0v) is 10.9. The first kappa shape index (κ1) is 12.4. The molecule has 2 heteroatoms. The monoisotopic (exact) mass is 225 g/mol. The van der Waals surface area contributed by atoms with Gasteiger partial charge in [-0.25, -0.2) is 0 Å². The largest absolute Gasteiger partial charge is 0.378 e. The lowest BCUT2D eigenvalue weighted by Crippen LogP contribution is -2.60. The van der Waals surface area contributed by atoms with E-state index >= 15 is 0 Å². The standard InChI is InChI=1S/C14H27NO/c1-11(2)6-5-9-16-13-10-12(15)14(13)7-3-4-8-14/h11-13H,3-10,15H2,1-2H3. The molecule has 2 rings (SSSR count). The number of rotatable bonds is 5. The van der Waals surface area contributed by atoms with E-state index in [1.165, 1.54) is 38.5 Å². The van der Waals surface area contributed by atoms with Crippen LogP contribution >= 0.6 is 0 Å². The second-order valence-corrected chi connectivity index (χ2v) is 6.18. The molecule has 1 spiro atoms. The van der Waals surface area contributed by atoms with Crippen LogP contribution in [0.3, 0.4) is 0 Å². The van der Waals surface area contributed by atoms with Gasteiger partial charge in [-0.1, -0.05) is 26.7 Å². The van der Waals surface area contributed by atoms with Gasteiger partial charge in [0.1, 0.15) is 0 Å². The normalized spacial score (nSPS) is 32.2. The molecule has 0 aromatic rings. The van der Waals surface area contributed by atoms with Crippen LogP contribution in [-0.2, 0) is 4.74 Å². The lowest BCUT2D eigenvalue weighted by Gasteiger charge is -2.52. The van der Waals surface area contributed by atoms with Crippen molar-refractivity contribution >= 4 is 0 Å². The maximum Gasteiger partial charge on any atom is 0.0661 e. The Balaban J connectivity index is 1.70. The van der Waals surface area contributed by atoms with Crippen LogP contribution in [0.5, 0.6) is 0 Å². The molecule has 2 N–H and O–H groups in total. The Labute approximate surface area is 99.9 Å². The second-order valence-electron chi connectivity index (χ2n) is 6.18. The summed E-state index contributed by atoms with van der Waals surface area (Å²) in [6.45, 7) is 5.49. The molecule has 2 nitrogen and oxygen atoms in total. The summed E-state index contributed by atoms with van der Waals surface area (Å²) in [7, 11) is 0. The van der Waals surface area contributed by atoms with Crippen molar-refractivity contribution in [3.63, 3.8) is 0 Å². The van der Waals surface area contributed by atoms with Gasteiger partial charge in [0.25, 0.3) is 0 Å². The predicted octanol–water partition coefficient (Wildman–Crippen LogP) is 3.10. The SMILES string of the molecule is CC(C)CCCOC1CC(N)C12CCCC2. The summed E-state index contributed by atoms with van der Waals surface area (Å²) in [5.41, 5.74) is 6.57. The molecular formula is C14H27NO. The Morgan fingerprint density at radius 1 is 1.31 bits per heavy atom. The maximum atomic E-state index is 6.18. The summed E-state index contributed by atoms with van der Waals surface area (Å²) in [5, 5.41) is 0. The number of nitrogens with two attached hydrogens (primary N) is 1. The maximum absolute atomic E-state index is 6.18. The smallest absolute Gasteiger partial charge is 0.0661 e. The fourth-order valence-corrected chi connectivity index (χ4v) is 3.46. The van der Waals surface area contributed by atoms with Crippen LogP contribution in [-0.4, -0.2) is 18.8 Å². The first-order valence-corrected chi connectivity index (χ1v) is 7.02. The van der Waals surface area contributed by atoms with Gasteiger partial charge < -0.3 is 10.5 Å². The third-order valence-electron chi connectivity index (χ3n) is 4.63. The lowest BCUT2D eigenvalue weighted by molar-refractivity contribution is -0.124. The molecule has 2 atom stereocenters. The molecule has 94 valence electrons. The highest BCUT2D eigenvalue weighted by Gasteiger charge is 2.54. The van der Waals surface area contributed by atoms with Crippen LogP contribution < -0.4 is 5.73 Å². The summed E-state index contributed by atoms with van der Waals surface area (Å²) in [6, 6.07) is 0.421. The third kappa shape index (κ3) is 2.28. The molecular weight excluding hydrogens is 198 g/mol. The Kier molecular flexibility index (Phi) is 3.91. The van der Waals surface area contributed by atoms with Crippen molar-refractivity contribution in [2.24, 2.45) is 17.1 Å². The van der Waals surface area contributed by atoms with E-state index in [2.05, 4.69) is 13.8 Å². The molecule has 0 aliphatic heterocycles. The zero-order chi connectivity index (χ0) is 11.6. The molecule has 16 heavy (non-hydrogen) atoms. The quantitative estimate of drug-likeness (QED) is 0.730. The molecule has 2 saturated carbocycles. The van der Waals surface area contributed by atoms with E-state index in [9.17, 15) is 0 Å². The molecule has 2 aliphatic carbocycles. The van der Waals surface area contributed by atoms with Gasteiger partial charge in [-0.05, 0) is 38.0 Å². The molecule has 0 radical (unpaired) electrons. The Morgan fingerprint density at radius 3 is 2.56 bits per heavy atom. The van der Waals surface area contributed by atoms with E-state index in [1.54, 1.807) is 0 Å². The van der Waals surface area contributed by atoms with Gasteiger partial charge in [0.15, 0.2) is 0 Å². The van der Waals surface area contributed by atoms with Crippen LogP contribution in [0.1, 0.15) is 58.8 Å². The summed E-state index contributed by atoms with van der Waals surface area (Å²) < 4.78 is 6.06. The minimum atomic E-state index is 0.387. The summed E-state index contributed by atoms with van der Waals surface area (Å²) in [6.07, 6.45) is 9.41. The van der Waals surface area contributed by atoms with Crippen molar-refractivity contribution in [1.29, 1.82) is 0 Å². The molecule has 0 amide bonds. The van der Waals surface area contributed by atoms with Gasteiger partial charge in [-0.3, -0.25) is 0 Å². The average Bonchev–Trinajstić information content (AvgIpc) is 2.73. The Morgan fingerprint density at radius 2 is 2.00 bits per heavy atom. The molecule has 2 aliphatic rings. The third-order valence-corrected chi connectivity index (χ3v) is 4.63. The highest BCUT2D eigenvalue weighted by atomic mass is 16.5. The molecule has 0 saturated heterocycles. The molecule has 0 heterocycles. The van der Waals surface area contributed by atoms with E-state index < -0.39 is 0 Å². The summed E-state index contributed by atoms with van der Waals surface area (Å²) in [4.78, 5) is 0. The van der Waals surface area contributed by atoms with Crippen LogP contribution in [0.2, 0.25) is 0 Å². The highest BCUT2D eigenvalue weighted by Crippen LogP contribution is 2.53. The summed E-state index contributed by atoms with van der Waals surface area (Å²) >= 11 is 0. The van der Waals surface area contributed by atoms with Crippen molar-refractivity contribution in [3.05, 3.63) is 0 Å². The molecule has 0 bridgehead atoms. The lowest BCUT2D eigenvalue weighted by atomic mass is 9.61. The van der Waals surface area contributed by atoms with Gasteiger partial charge in [-0.15, -0.1) is 0 Å². The Hall–Kier alpha value is -0.0800. The fraction of sp³-hybridized carbons (Fsp3) is 1.00. The molecule has 2 fully saturated rings. The van der Waals surface area contributed by atoms with Crippen LogP contribution in [0.25, 0.3) is 0 Å². The zero-order valence-electron chi connectivity index (χ0n) is 10.9. The number of hydrogen-bond acceptors (Lipinski definition) is 2. The predicted molar refractivity (Wildman–Crippen MR) is 67.3 cm³/mol. The summed E-state index contributed by atoms with van der Waals surface area (Å²) in [5.74, 6) is 0.799. The van der Waals surface area contributed by atoms with Crippen LogP contribution in [0.15, 0.2) is 0 Å². The fourth-order valence-electron chi connectivity index (χ4n) is 3.46. The Bertz CT molecular complexity index is 221. The van der Waals surface area contributed by atoms with E-state index in [1.807, 2.05) is 0 Å². The van der Waals surface area contributed by atoms with Crippen LogP contribution in [0.4, 0.5) is 0 Å².